The van der Waals surface area contributed by atoms with Gasteiger partial charge in [-0.15, -0.1) is 0 Å². The molecule has 1 aromatic rings. The van der Waals surface area contributed by atoms with Gasteiger partial charge >= 0.3 is 5.97 Å². The molecule has 0 unspecified atom stereocenters. The largest absolute Gasteiger partial charge is 0.480 e. The maximum atomic E-state index is 12.6. The lowest BCUT2D eigenvalue weighted by atomic mass is 10.1. The summed E-state index contributed by atoms with van der Waals surface area (Å²) < 4.78 is 5.05. The van der Waals surface area contributed by atoms with E-state index in [1.807, 2.05) is 0 Å². The summed E-state index contributed by atoms with van der Waals surface area (Å²) in [6.07, 6.45) is 1.44. The predicted octanol–water partition coefficient (Wildman–Crippen LogP) is 2.18. The summed E-state index contributed by atoms with van der Waals surface area (Å²) in [5.41, 5.74) is 0.492. The highest BCUT2D eigenvalue weighted by Gasteiger charge is 2.37. The number of ether oxygens (including phenoxy) is 1. The Morgan fingerprint density at radius 3 is 2.27 bits per heavy atom. The van der Waals surface area contributed by atoms with Crippen LogP contribution >= 0.6 is 23.8 Å². The van der Waals surface area contributed by atoms with Crippen molar-refractivity contribution in [1.29, 1.82) is 0 Å². The van der Waals surface area contributed by atoms with Gasteiger partial charge in [-0.1, -0.05) is 17.7 Å². The Hall–Kier alpha value is -2.45. The molecule has 1 heterocycles. The second-order valence-corrected chi connectivity index (χ2v) is 6.08. The van der Waals surface area contributed by atoms with E-state index < -0.39 is 24.4 Å². The third-order valence-electron chi connectivity index (χ3n) is 3.66. The van der Waals surface area contributed by atoms with E-state index in [1.54, 1.807) is 19.9 Å². The summed E-state index contributed by atoms with van der Waals surface area (Å²) in [5.74, 6) is -1.85. The van der Waals surface area contributed by atoms with Crippen molar-refractivity contribution in [2.75, 3.05) is 19.7 Å². The molecule has 0 spiro atoms. The highest BCUT2D eigenvalue weighted by atomic mass is 35.5. The molecule has 2 amide bonds. The lowest BCUT2D eigenvalue weighted by molar-refractivity contribution is -0.139. The number of halogens is 1. The number of hydrogen-bond donors (Lipinski definition) is 1. The highest BCUT2D eigenvalue weighted by molar-refractivity contribution is 7.80. The normalized spacial score (nSPS) is 14.7. The molecular weight excluding hydrogens is 380 g/mol. The van der Waals surface area contributed by atoms with Crippen molar-refractivity contribution < 1.29 is 24.2 Å². The number of carboxylic acid groups (broad SMARTS) is 1. The van der Waals surface area contributed by atoms with Gasteiger partial charge in [-0.2, -0.15) is 0 Å². The Labute approximate surface area is 160 Å². The van der Waals surface area contributed by atoms with E-state index in [-0.39, 0.29) is 21.5 Å². The zero-order chi connectivity index (χ0) is 19.4. The average Bonchev–Trinajstić information content (AvgIpc) is 2.58. The standard InChI is InChI=1S/C17H17ClN2O5S/c1-3-19-15(23)11(16(24)20(4-2)17(19)26)7-10-5-6-13(12(18)8-10)25-9-14(21)22/h5-8H,3-4,9H2,1-2H3,(H,21,22). The maximum absolute atomic E-state index is 12.6. The minimum absolute atomic E-state index is 0.0161. The van der Waals surface area contributed by atoms with E-state index in [1.165, 1.54) is 28.0 Å². The van der Waals surface area contributed by atoms with Crippen LogP contribution in [0.5, 0.6) is 5.75 Å². The van der Waals surface area contributed by atoms with Gasteiger partial charge in [0.25, 0.3) is 11.8 Å². The van der Waals surface area contributed by atoms with Crippen molar-refractivity contribution in [3.8, 4) is 5.75 Å². The van der Waals surface area contributed by atoms with Gasteiger partial charge in [0.15, 0.2) is 11.7 Å². The molecule has 7 nitrogen and oxygen atoms in total. The second kappa shape index (κ2) is 8.29. The molecule has 1 saturated heterocycles. The van der Waals surface area contributed by atoms with Crippen molar-refractivity contribution in [3.05, 3.63) is 34.4 Å². The number of amides is 2. The van der Waals surface area contributed by atoms with Gasteiger partial charge in [0.05, 0.1) is 5.02 Å². The van der Waals surface area contributed by atoms with E-state index in [2.05, 4.69) is 0 Å². The SMILES string of the molecule is CCN1C(=O)C(=Cc2ccc(OCC(=O)O)c(Cl)c2)C(=O)N(CC)C1=S. The molecule has 1 aromatic carbocycles. The first kappa shape index (κ1) is 19.9. The molecule has 0 radical (unpaired) electrons. The van der Waals surface area contributed by atoms with Crippen LogP contribution in [0.4, 0.5) is 0 Å². The van der Waals surface area contributed by atoms with Crippen LogP contribution in [0.25, 0.3) is 6.08 Å². The number of hydrogen-bond acceptors (Lipinski definition) is 5. The fourth-order valence-corrected chi connectivity index (χ4v) is 3.08. The van der Waals surface area contributed by atoms with Crippen LogP contribution in [0.2, 0.25) is 5.02 Å². The molecule has 9 heteroatoms. The van der Waals surface area contributed by atoms with Gasteiger partial charge in [0.2, 0.25) is 0 Å². The van der Waals surface area contributed by atoms with Crippen LogP contribution in [0.15, 0.2) is 23.8 Å². The summed E-state index contributed by atoms with van der Waals surface area (Å²) in [5, 5.41) is 9.01. The molecular formula is C17H17ClN2O5S. The van der Waals surface area contributed by atoms with E-state index in [4.69, 9.17) is 33.7 Å². The molecule has 0 saturated carbocycles. The minimum atomic E-state index is -1.12. The zero-order valence-electron chi connectivity index (χ0n) is 14.2. The van der Waals surface area contributed by atoms with E-state index in [0.29, 0.717) is 18.7 Å². The fraction of sp³-hybridized carbons (Fsp3) is 0.294. The molecule has 0 bridgehead atoms. The molecule has 0 aliphatic carbocycles. The summed E-state index contributed by atoms with van der Waals surface area (Å²) >= 11 is 11.3. The van der Waals surface area contributed by atoms with Crippen molar-refractivity contribution in [1.82, 2.24) is 9.80 Å². The third kappa shape index (κ3) is 4.03. The first-order chi connectivity index (χ1) is 12.3. The van der Waals surface area contributed by atoms with E-state index >= 15 is 0 Å². The van der Waals surface area contributed by atoms with Crippen LogP contribution in [-0.4, -0.2) is 57.5 Å². The summed E-state index contributed by atoms with van der Waals surface area (Å²) in [4.78, 5) is 38.4. The van der Waals surface area contributed by atoms with Crippen LogP contribution in [0.3, 0.4) is 0 Å². The average molecular weight is 397 g/mol. The van der Waals surface area contributed by atoms with Crippen molar-refractivity contribution >= 4 is 52.8 Å². The van der Waals surface area contributed by atoms with Crippen LogP contribution in [0.1, 0.15) is 19.4 Å². The number of nitrogens with zero attached hydrogens (tertiary/aromatic N) is 2. The zero-order valence-corrected chi connectivity index (χ0v) is 15.8. The van der Waals surface area contributed by atoms with E-state index in [9.17, 15) is 14.4 Å². The molecule has 1 aliphatic rings. The summed E-state index contributed by atoms with van der Waals surface area (Å²) in [6, 6.07) is 4.55. The van der Waals surface area contributed by atoms with Crippen molar-refractivity contribution in [3.63, 3.8) is 0 Å². The second-order valence-electron chi connectivity index (χ2n) is 5.31. The minimum Gasteiger partial charge on any atom is -0.480 e. The molecule has 1 N–H and O–H groups in total. The number of aliphatic carboxylic acids is 1. The van der Waals surface area contributed by atoms with Crippen LogP contribution in [0, 0.1) is 0 Å². The van der Waals surface area contributed by atoms with Crippen LogP contribution < -0.4 is 4.74 Å². The number of likely N-dealkylation sites (N-methyl/N-ethyl adjacent to an activating group) is 2. The summed E-state index contributed by atoms with van der Waals surface area (Å²) in [6.45, 7) is 3.72. The number of carboxylic acids is 1. The summed E-state index contributed by atoms with van der Waals surface area (Å²) in [7, 11) is 0. The first-order valence-electron chi connectivity index (χ1n) is 7.83. The Morgan fingerprint density at radius 1 is 1.23 bits per heavy atom. The third-order valence-corrected chi connectivity index (χ3v) is 4.40. The molecule has 2 rings (SSSR count). The number of benzene rings is 1. The number of rotatable bonds is 6. The van der Waals surface area contributed by atoms with Gasteiger partial charge in [0.1, 0.15) is 11.3 Å². The smallest absolute Gasteiger partial charge is 0.341 e. The fourth-order valence-electron chi connectivity index (χ4n) is 2.41. The van der Waals surface area contributed by atoms with Gasteiger partial charge in [-0.05, 0) is 49.8 Å². The monoisotopic (exact) mass is 396 g/mol. The van der Waals surface area contributed by atoms with Gasteiger partial charge in [-0.3, -0.25) is 19.4 Å². The maximum Gasteiger partial charge on any atom is 0.341 e. The van der Waals surface area contributed by atoms with Crippen molar-refractivity contribution in [2.24, 2.45) is 0 Å². The molecule has 0 aromatic heterocycles. The lowest BCUT2D eigenvalue weighted by Gasteiger charge is -2.35. The molecule has 0 atom stereocenters. The van der Waals surface area contributed by atoms with Crippen LogP contribution in [-0.2, 0) is 14.4 Å². The first-order valence-corrected chi connectivity index (χ1v) is 8.62. The van der Waals surface area contributed by atoms with Gasteiger partial charge < -0.3 is 9.84 Å². The molecule has 138 valence electrons. The van der Waals surface area contributed by atoms with E-state index in [0.717, 1.165) is 0 Å². The molecule has 1 aliphatic heterocycles. The number of carbonyl (C=O) groups excluding carboxylic acids is 2. The predicted molar refractivity (Wildman–Crippen MR) is 99.9 cm³/mol. The Morgan fingerprint density at radius 2 is 1.81 bits per heavy atom. The quantitative estimate of drug-likeness (QED) is 0.450. The molecule has 26 heavy (non-hydrogen) atoms. The van der Waals surface area contributed by atoms with Gasteiger partial charge in [-0.25, -0.2) is 4.79 Å². The lowest BCUT2D eigenvalue weighted by Crippen LogP contribution is -2.55. The number of thiocarbonyl (C=S) groups is 1. The topological polar surface area (TPSA) is 87.1 Å². The molecule has 1 fully saturated rings. The Bertz CT molecular complexity index is 780. The Kier molecular flexibility index (Phi) is 6.33. The Balaban J connectivity index is 2.36. The van der Waals surface area contributed by atoms with Crippen molar-refractivity contribution in [2.45, 2.75) is 13.8 Å². The number of carbonyl (C=O) groups is 3. The highest BCUT2D eigenvalue weighted by Crippen LogP contribution is 2.27. The van der Waals surface area contributed by atoms with Gasteiger partial charge in [0, 0.05) is 13.1 Å².